The van der Waals surface area contributed by atoms with Crippen molar-refractivity contribution in [2.24, 2.45) is 0 Å². The molecule has 1 aromatic carbocycles. The Morgan fingerprint density at radius 1 is 1.03 bits per heavy atom. The third kappa shape index (κ3) is 4.56. The first-order valence-corrected chi connectivity index (χ1v) is 12.7. The zero-order valence-corrected chi connectivity index (χ0v) is 20.9. The number of carboxylic acid groups (broad SMARTS) is 2. The number of carboxylic acids is 2. The van der Waals surface area contributed by atoms with Gasteiger partial charge in [-0.2, -0.15) is 0 Å². The molecule has 0 atom stereocenters. The number of carbonyl (C=O) groups excluding carboxylic acids is 1. The van der Waals surface area contributed by atoms with Crippen LogP contribution in [-0.4, -0.2) is 54.9 Å². The molecule has 0 saturated carbocycles. The molecule has 2 aromatic rings. The average molecular weight is 536 g/mol. The minimum absolute atomic E-state index is 0.0384. The fourth-order valence-electron chi connectivity index (χ4n) is 3.43. The van der Waals surface area contributed by atoms with Gasteiger partial charge in [-0.05, 0) is 31.2 Å². The van der Waals surface area contributed by atoms with Crippen molar-refractivity contribution in [3.05, 3.63) is 54.9 Å². The predicted molar refractivity (Wildman–Crippen MR) is 136 cm³/mol. The highest BCUT2D eigenvalue weighted by atomic mass is 32.2. The second-order valence-electron chi connectivity index (χ2n) is 7.02. The van der Waals surface area contributed by atoms with Gasteiger partial charge in [0.1, 0.15) is 27.0 Å². The number of anilines is 1. The standard InChI is InChI=1S/C21H17N3O6S4/c1-2-22-11-5-3-4-6-12(11)32-14(22)8-7-13-18(29)23(9-15(25)26)20(33-13)17-19(30)24(10-16(27)28)21(31)34-17/h3-8H,2,9-10H2,1H3,(H,25,26)(H,27,28). The molecule has 4 rings (SSSR count). The number of nitrogens with zero attached hydrogens (tertiary/aromatic N) is 3. The van der Waals surface area contributed by atoms with Crippen LogP contribution >= 0.6 is 47.1 Å². The normalized spacial score (nSPS) is 18.9. The topological polar surface area (TPSA) is 120 Å². The van der Waals surface area contributed by atoms with E-state index >= 15 is 0 Å². The second kappa shape index (κ2) is 9.78. The van der Waals surface area contributed by atoms with Crippen LogP contribution in [0.5, 0.6) is 0 Å². The summed E-state index contributed by atoms with van der Waals surface area (Å²) < 4.78 is 1.44. The van der Waals surface area contributed by atoms with E-state index in [0.29, 0.717) is 0 Å². The molecule has 13 heteroatoms. The number of aromatic nitrogens is 1. The van der Waals surface area contributed by atoms with E-state index < -0.39 is 36.5 Å². The lowest BCUT2D eigenvalue weighted by molar-refractivity contribution is -0.140. The number of allylic oxidation sites excluding steroid dienone is 1. The molecule has 2 aliphatic rings. The van der Waals surface area contributed by atoms with Crippen LogP contribution in [0.15, 0.2) is 45.1 Å². The summed E-state index contributed by atoms with van der Waals surface area (Å²) in [6, 6.07) is 7.93. The minimum atomic E-state index is -1.24. The van der Waals surface area contributed by atoms with E-state index in [0.717, 1.165) is 54.7 Å². The van der Waals surface area contributed by atoms with Crippen molar-refractivity contribution in [3.63, 3.8) is 0 Å². The number of thiocarbonyl (C=S) groups is 1. The minimum Gasteiger partial charge on any atom is -0.480 e. The van der Waals surface area contributed by atoms with Crippen molar-refractivity contribution in [1.29, 1.82) is 0 Å². The SMILES string of the molecule is CCN1C(=CC=c2sc(=C3SC(=S)N(CC(=O)O)C3=O)n(CC(=O)O)c2=O)Sc2ccccc21. The fourth-order valence-corrected chi connectivity index (χ4v) is 7.01. The summed E-state index contributed by atoms with van der Waals surface area (Å²) in [6.07, 6.45) is 3.41. The van der Waals surface area contributed by atoms with Gasteiger partial charge in [-0.15, -0.1) is 11.3 Å². The van der Waals surface area contributed by atoms with Crippen molar-refractivity contribution in [2.45, 2.75) is 18.4 Å². The smallest absolute Gasteiger partial charge is 0.323 e. The summed E-state index contributed by atoms with van der Waals surface area (Å²) in [7, 11) is 0. The number of para-hydroxylation sites is 1. The highest BCUT2D eigenvalue weighted by Gasteiger charge is 2.35. The molecule has 0 radical (unpaired) electrons. The number of rotatable bonds is 6. The molecule has 34 heavy (non-hydrogen) atoms. The van der Waals surface area contributed by atoms with E-state index in [1.807, 2.05) is 31.2 Å². The van der Waals surface area contributed by atoms with Crippen LogP contribution in [0.2, 0.25) is 0 Å². The number of thiazole rings is 1. The van der Waals surface area contributed by atoms with Crippen molar-refractivity contribution in [3.8, 4) is 0 Å². The summed E-state index contributed by atoms with van der Waals surface area (Å²) in [6.45, 7) is 1.49. The summed E-state index contributed by atoms with van der Waals surface area (Å²) in [5, 5.41) is 19.3. The van der Waals surface area contributed by atoms with Gasteiger partial charge in [0.05, 0.1) is 15.2 Å². The summed E-state index contributed by atoms with van der Waals surface area (Å²) >= 11 is 8.52. The molecule has 2 N–H and O–H groups in total. The van der Waals surface area contributed by atoms with Gasteiger partial charge < -0.3 is 15.1 Å². The van der Waals surface area contributed by atoms with Crippen molar-refractivity contribution in [1.82, 2.24) is 9.47 Å². The molecule has 2 aliphatic heterocycles. The molecule has 0 spiro atoms. The summed E-state index contributed by atoms with van der Waals surface area (Å²) in [5.41, 5.74) is 0.520. The number of carbonyl (C=O) groups is 3. The van der Waals surface area contributed by atoms with Crippen LogP contribution in [0.25, 0.3) is 11.0 Å². The van der Waals surface area contributed by atoms with E-state index in [1.54, 1.807) is 23.9 Å². The van der Waals surface area contributed by atoms with Gasteiger partial charge in [0.25, 0.3) is 11.5 Å². The number of hydrogen-bond acceptors (Lipinski definition) is 9. The Labute approximate surface area is 210 Å². The van der Waals surface area contributed by atoms with Gasteiger partial charge in [0, 0.05) is 11.4 Å². The lowest BCUT2D eigenvalue weighted by Gasteiger charge is -2.17. The first-order valence-electron chi connectivity index (χ1n) is 9.89. The van der Waals surface area contributed by atoms with Gasteiger partial charge in [-0.1, -0.05) is 47.9 Å². The highest BCUT2D eigenvalue weighted by Crippen LogP contribution is 2.45. The molecule has 1 amide bonds. The Hall–Kier alpha value is -2.87. The maximum Gasteiger partial charge on any atom is 0.323 e. The fraction of sp³-hybridized carbons (Fsp3) is 0.190. The van der Waals surface area contributed by atoms with Crippen LogP contribution in [0.4, 0.5) is 5.69 Å². The molecule has 3 heterocycles. The molecule has 9 nitrogen and oxygen atoms in total. The largest absolute Gasteiger partial charge is 0.480 e. The first-order chi connectivity index (χ1) is 16.2. The number of aliphatic carboxylic acids is 2. The van der Waals surface area contributed by atoms with Gasteiger partial charge in [-0.25, -0.2) is 0 Å². The zero-order chi connectivity index (χ0) is 24.6. The average Bonchev–Trinajstić information content (AvgIpc) is 3.39. The Morgan fingerprint density at radius 2 is 1.74 bits per heavy atom. The molecule has 0 unspecified atom stereocenters. The van der Waals surface area contributed by atoms with Crippen LogP contribution in [0, 0.1) is 0 Å². The third-order valence-corrected chi connectivity index (χ3v) is 8.71. The Balaban J connectivity index is 1.83. The summed E-state index contributed by atoms with van der Waals surface area (Å²) in [5.74, 6) is -3.14. The summed E-state index contributed by atoms with van der Waals surface area (Å²) in [4.78, 5) is 52.5. The van der Waals surface area contributed by atoms with E-state index in [4.69, 9.17) is 17.3 Å². The number of benzene rings is 1. The molecule has 1 aromatic heterocycles. The van der Waals surface area contributed by atoms with Crippen LogP contribution < -0.4 is 19.7 Å². The first kappa shape index (κ1) is 24.3. The monoisotopic (exact) mass is 535 g/mol. The molecule has 0 aliphatic carbocycles. The Bertz CT molecular complexity index is 1440. The number of hydrogen-bond donors (Lipinski definition) is 2. The molecule has 176 valence electrons. The predicted octanol–water partition coefficient (Wildman–Crippen LogP) is 1.30. The number of amides is 1. The lowest BCUT2D eigenvalue weighted by atomic mass is 10.3. The maximum absolute atomic E-state index is 13.1. The Kier molecular flexibility index (Phi) is 6.98. The van der Waals surface area contributed by atoms with Crippen molar-refractivity contribution in [2.75, 3.05) is 18.0 Å². The molecule has 1 fully saturated rings. The van der Waals surface area contributed by atoms with Crippen LogP contribution in [-0.2, 0) is 20.9 Å². The van der Waals surface area contributed by atoms with Crippen LogP contribution in [0.3, 0.4) is 0 Å². The number of thioether (sulfide) groups is 2. The van der Waals surface area contributed by atoms with E-state index in [2.05, 4.69) is 4.90 Å². The zero-order valence-electron chi connectivity index (χ0n) is 17.6. The molecular weight excluding hydrogens is 519 g/mol. The van der Waals surface area contributed by atoms with Gasteiger partial charge in [0.15, 0.2) is 0 Å². The van der Waals surface area contributed by atoms with Crippen molar-refractivity contribution < 1.29 is 24.6 Å². The van der Waals surface area contributed by atoms with Gasteiger partial charge in [-0.3, -0.25) is 28.6 Å². The molecule has 1 saturated heterocycles. The van der Waals surface area contributed by atoms with E-state index in [9.17, 15) is 24.3 Å². The van der Waals surface area contributed by atoms with E-state index in [-0.39, 0.29) is 18.4 Å². The highest BCUT2D eigenvalue weighted by molar-refractivity contribution is 8.30. The van der Waals surface area contributed by atoms with Crippen LogP contribution in [0.1, 0.15) is 6.92 Å². The maximum atomic E-state index is 13.1. The lowest BCUT2D eigenvalue weighted by Crippen LogP contribution is -2.36. The Morgan fingerprint density at radius 3 is 2.41 bits per heavy atom. The van der Waals surface area contributed by atoms with Gasteiger partial charge in [0.2, 0.25) is 0 Å². The quantitative estimate of drug-likeness (QED) is 0.524. The molecule has 0 bridgehead atoms. The number of fused-ring (bicyclic) bond motifs is 1. The third-order valence-electron chi connectivity index (χ3n) is 4.87. The van der Waals surface area contributed by atoms with Gasteiger partial charge >= 0.3 is 11.9 Å². The molecular formula is C21H17N3O6S4. The van der Waals surface area contributed by atoms with E-state index in [1.165, 1.54) is 0 Å². The second-order valence-corrected chi connectivity index (χ2v) is 10.8. The van der Waals surface area contributed by atoms with Crippen molar-refractivity contribution >= 4 is 85.9 Å².